The van der Waals surface area contributed by atoms with Crippen LogP contribution in [0, 0.1) is 6.92 Å². The van der Waals surface area contributed by atoms with Crippen molar-refractivity contribution in [1.82, 2.24) is 4.98 Å². The zero-order chi connectivity index (χ0) is 11.7. The molecule has 0 radical (unpaired) electrons. The van der Waals surface area contributed by atoms with Gasteiger partial charge in [0.1, 0.15) is 5.82 Å². The molecule has 0 unspecified atom stereocenters. The topological polar surface area (TPSA) is 42.1 Å². The molecule has 0 aromatic carbocycles. The molecule has 0 amide bonds. The summed E-state index contributed by atoms with van der Waals surface area (Å²) < 4.78 is 1.11. The van der Waals surface area contributed by atoms with Gasteiger partial charge in [-0.3, -0.25) is 0 Å². The summed E-state index contributed by atoms with van der Waals surface area (Å²) in [5, 5.41) is 1.15. The van der Waals surface area contributed by atoms with Crippen LogP contribution in [0.25, 0.3) is 0 Å². The van der Waals surface area contributed by atoms with Crippen LogP contribution in [-0.4, -0.2) is 12.0 Å². The van der Waals surface area contributed by atoms with Crippen LogP contribution in [0.3, 0.4) is 0 Å². The molecule has 0 saturated carbocycles. The summed E-state index contributed by atoms with van der Waals surface area (Å²) in [5.41, 5.74) is 7.46. The fourth-order valence-corrected chi connectivity index (χ4v) is 2.85. The Kier molecular flexibility index (Phi) is 3.16. The summed E-state index contributed by atoms with van der Waals surface area (Å²) in [6.07, 6.45) is 1.68. The maximum Gasteiger partial charge on any atom is 0.136 e. The molecule has 2 N–H and O–H groups in total. The molecule has 0 fully saturated rings. The van der Waals surface area contributed by atoms with Gasteiger partial charge in [0.25, 0.3) is 0 Å². The van der Waals surface area contributed by atoms with Gasteiger partial charge in [-0.1, -0.05) is 0 Å². The summed E-state index contributed by atoms with van der Waals surface area (Å²) in [5.74, 6) is 0.934. The number of pyridine rings is 1. The Labute approximate surface area is 107 Å². The van der Waals surface area contributed by atoms with Crippen LogP contribution in [0.1, 0.15) is 5.56 Å². The van der Waals surface area contributed by atoms with Crippen molar-refractivity contribution < 1.29 is 0 Å². The maximum absolute atomic E-state index is 5.68. The number of nitrogens with two attached hydrogens (primary N) is 1. The van der Waals surface area contributed by atoms with Crippen LogP contribution in [0.15, 0.2) is 28.2 Å². The first kappa shape index (κ1) is 11.4. The first-order valence-corrected chi connectivity index (χ1v) is 6.40. The Morgan fingerprint density at radius 3 is 2.75 bits per heavy atom. The molecule has 2 heterocycles. The number of rotatable bonds is 2. The highest BCUT2D eigenvalue weighted by atomic mass is 79.9. The lowest BCUT2D eigenvalue weighted by molar-refractivity contribution is 1.12. The highest BCUT2D eigenvalue weighted by molar-refractivity contribution is 9.11. The predicted molar refractivity (Wildman–Crippen MR) is 73.5 cm³/mol. The van der Waals surface area contributed by atoms with E-state index < -0.39 is 0 Å². The van der Waals surface area contributed by atoms with Crippen molar-refractivity contribution in [3.05, 3.63) is 33.7 Å². The molecule has 0 atom stereocenters. The van der Waals surface area contributed by atoms with E-state index in [1.54, 1.807) is 17.5 Å². The monoisotopic (exact) mass is 297 g/mol. The highest BCUT2D eigenvalue weighted by Gasteiger charge is 2.10. The number of aromatic nitrogens is 1. The first-order chi connectivity index (χ1) is 7.58. The van der Waals surface area contributed by atoms with E-state index in [4.69, 9.17) is 5.73 Å². The van der Waals surface area contributed by atoms with E-state index in [0.717, 1.165) is 20.2 Å². The van der Waals surface area contributed by atoms with Gasteiger partial charge in [-0.25, -0.2) is 4.98 Å². The van der Waals surface area contributed by atoms with Gasteiger partial charge in [0.05, 0.1) is 20.7 Å². The lowest BCUT2D eigenvalue weighted by Crippen LogP contribution is -2.11. The molecule has 3 nitrogen and oxygen atoms in total. The fraction of sp³-hybridized carbons (Fsp3) is 0.182. The number of aryl methyl sites for hydroxylation is 1. The molecule has 2 rings (SSSR count). The molecule has 2 aromatic rings. The zero-order valence-corrected chi connectivity index (χ0v) is 11.5. The van der Waals surface area contributed by atoms with Crippen molar-refractivity contribution in [2.75, 3.05) is 17.7 Å². The second-order valence-corrected chi connectivity index (χ2v) is 5.99. The van der Waals surface area contributed by atoms with Crippen LogP contribution >= 0.6 is 27.3 Å². The summed E-state index contributed by atoms with van der Waals surface area (Å²) in [6.45, 7) is 2.01. The summed E-state index contributed by atoms with van der Waals surface area (Å²) >= 11 is 5.13. The van der Waals surface area contributed by atoms with Gasteiger partial charge in [-0.2, -0.15) is 0 Å². The molecule has 16 heavy (non-hydrogen) atoms. The van der Waals surface area contributed by atoms with Crippen molar-refractivity contribution in [2.45, 2.75) is 6.92 Å². The molecule has 0 aliphatic heterocycles. The van der Waals surface area contributed by atoms with Crippen molar-refractivity contribution >= 4 is 43.8 Å². The minimum absolute atomic E-state index is 0.696. The van der Waals surface area contributed by atoms with Gasteiger partial charge in [-0.05, 0) is 46.6 Å². The molecule has 0 spiro atoms. The molecule has 2 aromatic heterocycles. The van der Waals surface area contributed by atoms with Crippen molar-refractivity contribution in [3.63, 3.8) is 0 Å². The molecule has 0 bridgehead atoms. The Balaban J connectivity index is 2.37. The lowest BCUT2D eigenvalue weighted by atomic mass is 10.2. The molecule has 0 saturated heterocycles. The molecule has 0 aliphatic carbocycles. The van der Waals surface area contributed by atoms with E-state index in [2.05, 4.69) is 31.9 Å². The third kappa shape index (κ3) is 2.20. The third-order valence-corrected chi connectivity index (χ3v) is 3.98. The molecule has 84 valence electrons. The maximum atomic E-state index is 5.68. The zero-order valence-electron chi connectivity index (χ0n) is 9.07. The van der Waals surface area contributed by atoms with Crippen LogP contribution in [0.4, 0.5) is 16.5 Å². The van der Waals surface area contributed by atoms with Gasteiger partial charge in [0, 0.05) is 7.05 Å². The number of hydrogen-bond acceptors (Lipinski definition) is 4. The minimum Gasteiger partial charge on any atom is -0.397 e. The molecule has 5 heteroatoms. The van der Waals surface area contributed by atoms with Crippen LogP contribution in [0.2, 0.25) is 0 Å². The average Bonchev–Trinajstić information content (AvgIpc) is 2.64. The van der Waals surface area contributed by atoms with Crippen molar-refractivity contribution in [3.8, 4) is 0 Å². The summed E-state index contributed by atoms with van der Waals surface area (Å²) in [4.78, 5) is 6.42. The van der Waals surface area contributed by atoms with E-state index in [1.807, 2.05) is 26.1 Å². The number of anilines is 3. The second kappa shape index (κ2) is 4.43. The lowest BCUT2D eigenvalue weighted by Gasteiger charge is -2.18. The Bertz CT molecular complexity index is 510. The number of thiophene rings is 1. The largest absolute Gasteiger partial charge is 0.397 e. The highest BCUT2D eigenvalue weighted by Crippen LogP contribution is 2.33. The standard InChI is InChI=1S/C11H12BrN3S/c1-7-5-8(13)6-14-11(7)15(2)10-4-3-9(12)16-10/h3-6H,13H2,1-2H3. The Morgan fingerprint density at radius 1 is 1.44 bits per heavy atom. The minimum atomic E-state index is 0.696. The van der Waals surface area contributed by atoms with Gasteiger partial charge >= 0.3 is 0 Å². The number of nitrogens with zero attached hydrogens (tertiary/aromatic N) is 2. The van der Waals surface area contributed by atoms with Gasteiger partial charge < -0.3 is 10.6 Å². The normalized spacial score (nSPS) is 10.4. The Morgan fingerprint density at radius 2 is 2.19 bits per heavy atom. The Hall–Kier alpha value is -1.07. The smallest absolute Gasteiger partial charge is 0.136 e. The van der Waals surface area contributed by atoms with Gasteiger partial charge in [-0.15, -0.1) is 11.3 Å². The molecule has 0 aliphatic rings. The molecular weight excluding hydrogens is 286 g/mol. The van der Waals surface area contributed by atoms with Gasteiger partial charge in [0.2, 0.25) is 0 Å². The van der Waals surface area contributed by atoms with Gasteiger partial charge in [0.15, 0.2) is 0 Å². The van der Waals surface area contributed by atoms with Crippen molar-refractivity contribution in [2.24, 2.45) is 0 Å². The second-order valence-electron chi connectivity index (χ2n) is 3.55. The fourth-order valence-electron chi connectivity index (χ4n) is 1.53. The van der Waals surface area contributed by atoms with Crippen LogP contribution < -0.4 is 10.6 Å². The predicted octanol–water partition coefficient (Wildman–Crippen LogP) is 3.56. The quantitative estimate of drug-likeness (QED) is 0.921. The van der Waals surface area contributed by atoms with E-state index in [1.165, 1.54) is 0 Å². The molecular formula is C11H12BrN3S. The number of hydrogen-bond donors (Lipinski definition) is 1. The third-order valence-electron chi connectivity index (χ3n) is 2.28. The summed E-state index contributed by atoms with van der Waals surface area (Å²) in [7, 11) is 2.00. The number of nitrogen functional groups attached to an aromatic ring is 1. The number of halogens is 1. The van der Waals surface area contributed by atoms with E-state index >= 15 is 0 Å². The van der Waals surface area contributed by atoms with Crippen molar-refractivity contribution in [1.29, 1.82) is 0 Å². The van der Waals surface area contributed by atoms with Crippen LogP contribution in [0.5, 0.6) is 0 Å². The van der Waals surface area contributed by atoms with E-state index in [9.17, 15) is 0 Å². The average molecular weight is 298 g/mol. The van der Waals surface area contributed by atoms with E-state index in [0.29, 0.717) is 5.69 Å². The first-order valence-electron chi connectivity index (χ1n) is 4.79. The van der Waals surface area contributed by atoms with Crippen LogP contribution in [-0.2, 0) is 0 Å². The van der Waals surface area contributed by atoms with E-state index in [-0.39, 0.29) is 0 Å². The SMILES string of the molecule is Cc1cc(N)cnc1N(C)c1ccc(Br)s1. The summed E-state index contributed by atoms with van der Waals surface area (Å²) in [6, 6.07) is 6.02.